The van der Waals surface area contributed by atoms with Crippen LogP contribution in [0.15, 0.2) is 10.3 Å². The van der Waals surface area contributed by atoms with Gasteiger partial charge in [-0.1, -0.05) is 6.92 Å². The smallest absolute Gasteiger partial charge is 0.250 e. The standard InChI is InChI=1S/C14H24N2O3S2/c1-4-15-9-13-10(2)7-14(20-13)21(17,18)16-8-12-5-6-19-11(12)3/h7,11-12,15-16H,4-6,8-9H2,1-3H3. The molecule has 2 atom stereocenters. The van der Waals surface area contributed by atoms with Gasteiger partial charge in [0.25, 0.3) is 0 Å². The zero-order chi connectivity index (χ0) is 15.5. The molecule has 0 saturated carbocycles. The van der Waals surface area contributed by atoms with Gasteiger partial charge in [-0.25, -0.2) is 13.1 Å². The molecule has 2 unspecified atom stereocenters. The highest BCUT2D eigenvalue weighted by Gasteiger charge is 2.27. The van der Waals surface area contributed by atoms with E-state index in [1.165, 1.54) is 11.3 Å². The molecule has 2 rings (SSSR count). The first-order valence-electron chi connectivity index (χ1n) is 7.35. The number of aryl methyl sites for hydroxylation is 1. The van der Waals surface area contributed by atoms with Gasteiger partial charge in [0.1, 0.15) is 4.21 Å². The number of hydrogen-bond donors (Lipinski definition) is 2. The molecule has 0 amide bonds. The maximum Gasteiger partial charge on any atom is 0.250 e. The highest BCUT2D eigenvalue weighted by atomic mass is 32.2. The quantitative estimate of drug-likeness (QED) is 0.800. The molecule has 5 nitrogen and oxygen atoms in total. The minimum absolute atomic E-state index is 0.127. The summed E-state index contributed by atoms with van der Waals surface area (Å²) in [4.78, 5) is 1.08. The lowest BCUT2D eigenvalue weighted by atomic mass is 10.0. The van der Waals surface area contributed by atoms with E-state index in [1.807, 2.05) is 20.8 Å². The van der Waals surface area contributed by atoms with Crippen molar-refractivity contribution in [2.45, 2.75) is 44.0 Å². The Labute approximate surface area is 131 Å². The summed E-state index contributed by atoms with van der Waals surface area (Å²) < 4.78 is 33.3. The number of nitrogens with one attached hydrogen (secondary N) is 2. The Balaban J connectivity index is 2.01. The molecule has 7 heteroatoms. The zero-order valence-electron chi connectivity index (χ0n) is 12.8. The van der Waals surface area contributed by atoms with E-state index in [2.05, 4.69) is 10.0 Å². The Bertz CT molecular complexity index is 569. The monoisotopic (exact) mass is 332 g/mol. The number of rotatable bonds is 7. The predicted molar refractivity (Wildman–Crippen MR) is 85.1 cm³/mol. The SMILES string of the molecule is CCNCc1sc(S(=O)(=O)NCC2CCOC2C)cc1C. The summed E-state index contributed by atoms with van der Waals surface area (Å²) in [5.74, 6) is 0.266. The van der Waals surface area contributed by atoms with Crippen molar-refractivity contribution in [3.8, 4) is 0 Å². The third-order valence-corrected chi connectivity index (χ3v) is 7.00. The van der Waals surface area contributed by atoms with Gasteiger partial charge in [0.15, 0.2) is 0 Å². The fourth-order valence-corrected chi connectivity index (χ4v) is 5.06. The first kappa shape index (κ1) is 16.9. The van der Waals surface area contributed by atoms with Gasteiger partial charge in [0.05, 0.1) is 6.10 Å². The Hall–Kier alpha value is -0.470. The summed E-state index contributed by atoms with van der Waals surface area (Å²) in [6.45, 7) is 8.74. The van der Waals surface area contributed by atoms with Crippen LogP contribution >= 0.6 is 11.3 Å². The first-order valence-corrected chi connectivity index (χ1v) is 9.65. The Kier molecular flexibility index (Phi) is 5.79. The predicted octanol–water partition coefficient (Wildman–Crippen LogP) is 1.87. The average Bonchev–Trinajstić information content (AvgIpc) is 3.01. The highest BCUT2D eigenvalue weighted by Crippen LogP contribution is 2.26. The van der Waals surface area contributed by atoms with Crippen molar-refractivity contribution in [3.63, 3.8) is 0 Å². The van der Waals surface area contributed by atoms with Gasteiger partial charge in [-0.05, 0) is 38.4 Å². The van der Waals surface area contributed by atoms with E-state index in [4.69, 9.17) is 4.74 Å². The fraction of sp³-hybridized carbons (Fsp3) is 0.714. The molecule has 1 aliphatic rings. The number of hydrogen-bond acceptors (Lipinski definition) is 5. The summed E-state index contributed by atoms with van der Waals surface area (Å²) >= 11 is 1.35. The van der Waals surface area contributed by atoms with Crippen LogP contribution in [0.2, 0.25) is 0 Å². The molecule has 1 saturated heterocycles. The van der Waals surface area contributed by atoms with E-state index in [0.717, 1.165) is 36.6 Å². The third-order valence-electron chi connectivity index (χ3n) is 3.87. The molecular weight excluding hydrogens is 308 g/mol. The van der Waals surface area contributed by atoms with Crippen LogP contribution in [0.5, 0.6) is 0 Å². The maximum atomic E-state index is 12.4. The van der Waals surface area contributed by atoms with Crippen LogP contribution < -0.4 is 10.0 Å². The van der Waals surface area contributed by atoms with Gasteiger partial charge in [0.2, 0.25) is 10.0 Å². The minimum Gasteiger partial charge on any atom is -0.378 e. The van der Waals surface area contributed by atoms with E-state index in [9.17, 15) is 8.42 Å². The van der Waals surface area contributed by atoms with E-state index < -0.39 is 10.0 Å². The van der Waals surface area contributed by atoms with Gasteiger partial charge >= 0.3 is 0 Å². The van der Waals surface area contributed by atoms with Crippen LogP contribution in [0, 0.1) is 12.8 Å². The summed E-state index contributed by atoms with van der Waals surface area (Å²) in [5.41, 5.74) is 1.03. The Morgan fingerprint density at radius 1 is 1.48 bits per heavy atom. The van der Waals surface area contributed by atoms with Gasteiger partial charge in [-0.3, -0.25) is 0 Å². The Morgan fingerprint density at radius 2 is 2.24 bits per heavy atom. The summed E-state index contributed by atoms with van der Waals surface area (Å²) in [6, 6.07) is 1.76. The molecule has 0 bridgehead atoms. The maximum absolute atomic E-state index is 12.4. The second-order valence-corrected chi connectivity index (χ2v) is 8.56. The van der Waals surface area contributed by atoms with Crippen molar-refractivity contribution in [2.75, 3.05) is 19.7 Å². The van der Waals surface area contributed by atoms with Crippen LogP contribution in [0.1, 0.15) is 30.7 Å². The Morgan fingerprint density at radius 3 is 2.86 bits per heavy atom. The molecule has 0 aliphatic carbocycles. The zero-order valence-corrected chi connectivity index (χ0v) is 14.4. The second-order valence-electron chi connectivity index (χ2n) is 5.43. The van der Waals surface area contributed by atoms with Gasteiger partial charge < -0.3 is 10.1 Å². The van der Waals surface area contributed by atoms with Crippen molar-refractivity contribution in [2.24, 2.45) is 5.92 Å². The molecular formula is C14H24N2O3S2. The largest absolute Gasteiger partial charge is 0.378 e. The molecule has 1 aromatic heterocycles. The molecule has 2 N–H and O–H groups in total. The summed E-state index contributed by atoms with van der Waals surface area (Å²) in [5, 5.41) is 3.23. The topological polar surface area (TPSA) is 67.4 Å². The normalized spacial score (nSPS) is 22.8. The van der Waals surface area contributed by atoms with Crippen LogP contribution in [-0.2, 0) is 21.3 Å². The molecule has 2 heterocycles. The fourth-order valence-electron chi connectivity index (χ4n) is 2.37. The molecule has 1 aliphatic heterocycles. The van der Waals surface area contributed by atoms with Crippen molar-refractivity contribution in [1.29, 1.82) is 0 Å². The minimum atomic E-state index is -3.41. The van der Waals surface area contributed by atoms with E-state index in [1.54, 1.807) is 6.07 Å². The lowest BCUT2D eigenvalue weighted by molar-refractivity contribution is 0.107. The molecule has 21 heavy (non-hydrogen) atoms. The number of ether oxygens (including phenoxy) is 1. The molecule has 1 fully saturated rings. The van der Waals surface area contributed by atoms with Gasteiger partial charge in [-0.2, -0.15) is 0 Å². The summed E-state index contributed by atoms with van der Waals surface area (Å²) in [6.07, 6.45) is 1.04. The van der Waals surface area contributed by atoms with Gasteiger partial charge in [-0.15, -0.1) is 11.3 Å². The second kappa shape index (κ2) is 7.19. The lowest BCUT2D eigenvalue weighted by Gasteiger charge is -2.14. The van der Waals surface area contributed by atoms with Crippen molar-refractivity contribution in [1.82, 2.24) is 10.0 Å². The van der Waals surface area contributed by atoms with Crippen LogP contribution in [0.25, 0.3) is 0 Å². The average molecular weight is 332 g/mol. The summed E-state index contributed by atoms with van der Waals surface area (Å²) in [7, 11) is -3.41. The molecule has 0 radical (unpaired) electrons. The van der Waals surface area contributed by atoms with Crippen molar-refractivity contribution < 1.29 is 13.2 Å². The van der Waals surface area contributed by atoms with E-state index >= 15 is 0 Å². The number of sulfonamides is 1. The molecule has 120 valence electrons. The van der Waals surface area contributed by atoms with Gasteiger partial charge in [0, 0.05) is 30.5 Å². The van der Waals surface area contributed by atoms with Crippen molar-refractivity contribution in [3.05, 3.63) is 16.5 Å². The highest BCUT2D eigenvalue weighted by molar-refractivity contribution is 7.91. The van der Waals surface area contributed by atoms with Crippen LogP contribution in [0.3, 0.4) is 0 Å². The van der Waals surface area contributed by atoms with Crippen molar-refractivity contribution >= 4 is 21.4 Å². The van der Waals surface area contributed by atoms with E-state index in [0.29, 0.717) is 10.8 Å². The molecule has 0 aromatic carbocycles. The third kappa shape index (κ3) is 4.26. The number of thiophene rings is 1. The molecule has 1 aromatic rings. The van der Waals surface area contributed by atoms with Crippen LogP contribution in [0.4, 0.5) is 0 Å². The molecule has 0 spiro atoms. The lowest BCUT2D eigenvalue weighted by Crippen LogP contribution is -2.31. The van der Waals surface area contributed by atoms with E-state index in [-0.39, 0.29) is 12.0 Å². The van der Waals surface area contributed by atoms with Crippen LogP contribution in [-0.4, -0.2) is 34.2 Å². The first-order chi connectivity index (χ1) is 9.94.